The molecule has 122 valence electrons. The second-order valence-corrected chi connectivity index (χ2v) is 6.55. The first-order valence-corrected chi connectivity index (χ1v) is 9.11. The quantitative estimate of drug-likeness (QED) is 0.781. The standard InChI is InChI=1S/C16H25N3O2S/c1-21-12-13-4-3-8-19(11-13)16(20)14-5-6-15(18-10-14)17-7-9-22-2/h5-6,10,13H,3-4,7-9,11-12H2,1-2H3,(H,17,18)/t13-/m0/s1. The van der Waals surface area contributed by atoms with Crippen LogP contribution in [0.25, 0.3) is 0 Å². The van der Waals surface area contributed by atoms with E-state index >= 15 is 0 Å². The maximum atomic E-state index is 12.5. The fraction of sp³-hybridized carbons (Fsp3) is 0.625. The third kappa shape index (κ3) is 4.88. The first-order valence-electron chi connectivity index (χ1n) is 7.71. The van der Waals surface area contributed by atoms with Crippen LogP contribution in [0.5, 0.6) is 0 Å². The van der Waals surface area contributed by atoms with Crippen LogP contribution in [0.4, 0.5) is 5.82 Å². The SMILES string of the molecule is COC[C@H]1CCCN(C(=O)c2ccc(NCCSC)nc2)C1. The van der Waals surface area contributed by atoms with E-state index in [4.69, 9.17) is 4.74 Å². The van der Waals surface area contributed by atoms with Crippen LogP contribution in [0.2, 0.25) is 0 Å². The van der Waals surface area contributed by atoms with Gasteiger partial charge in [-0.1, -0.05) is 0 Å². The van der Waals surface area contributed by atoms with Gasteiger partial charge in [0.25, 0.3) is 5.91 Å². The van der Waals surface area contributed by atoms with E-state index in [1.165, 1.54) is 0 Å². The van der Waals surface area contributed by atoms with Gasteiger partial charge in [-0.2, -0.15) is 11.8 Å². The molecule has 22 heavy (non-hydrogen) atoms. The number of aromatic nitrogens is 1. The van der Waals surface area contributed by atoms with Crippen LogP contribution in [0.1, 0.15) is 23.2 Å². The van der Waals surface area contributed by atoms with Crippen LogP contribution in [0, 0.1) is 5.92 Å². The van der Waals surface area contributed by atoms with Crippen molar-refractivity contribution in [1.29, 1.82) is 0 Å². The number of ether oxygens (including phenoxy) is 1. The van der Waals surface area contributed by atoms with Gasteiger partial charge >= 0.3 is 0 Å². The zero-order valence-corrected chi connectivity index (χ0v) is 14.2. The van der Waals surface area contributed by atoms with Crippen LogP contribution in [0.3, 0.4) is 0 Å². The van der Waals surface area contributed by atoms with E-state index in [1.807, 2.05) is 17.0 Å². The number of pyridine rings is 1. The van der Waals surface area contributed by atoms with Crippen molar-refractivity contribution in [3.05, 3.63) is 23.9 Å². The predicted molar refractivity (Wildman–Crippen MR) is 91.6 cm³/mol. The molecule has 5 nitrogen and oxygen atoms in total. The first-order chi connectivity index (χ1) is 10.7. The summed E-state index contributed by atoms with van der Waals surface area (Å²) in [5.74, 6) is 2.38. The molecule has 0 unspecified atom stereocenters. The summed E-state index contributed by atoms with van der Waals surface area (Å²) >= 11 is 1.79. The van der Waals surface area contributed by atoms with Gasteiger partial charge in [-0.25, -0.2) is 4.98 Å². The second-order valence-electron chi connectivity index (χ2n) is 5.57. The number of anilines is 1. The van der Waals surface area contributed by atoms with E-state index in [9.17, 15) is 4.79 Å². The number of nitrogens with one attached hydrogen (secondary N) is 1. The zero-order valence-electron chi connectivity index (χ0n) is 13.4. The lowest BCUT2D eigenvalue weighted by Gasteiger charge is -2.32. The Kier molecular flexibility index (Phi) is 6.99. The Morgan fingerprint density at radius 2 is 2.41 bits per heavy atom. The van der Waals surface area contributed by atoms with Gasteiger partial charge in [-0.15, -0.1) is 0 Å². The summed E-state index contributed by atoms with van der Waals surface area (Å²) in [4.78, 5) is 18.8. The van der Waals surface area contributed by atoms with Crippen LogP contribution in [-0.4, -0.2) is 61.2 Å². The molecule has 1 aliphatic rings. The number of carbonyl (C=O) groups excluding carboxylic acids is 1. The van der Waals surface area contributed by atoms with Crippen molar-refractivity contribution >= 4 is 23.5 Å². The van der Waals surface area contributed by atoms with Gasteiger partial charge in [0.15, 0.2) is 0 Å². The highest BCUT2D eigenvalue weighted by molar-refractivity contribution is 7.98. The third-order valence-electron chi connectivity index (χ3n) is 3.83. The largest absolute Gasteiger partial charge is 0.384 e. The minimum absolute atomic E-state index is 0.0731. The average Bonchev–Trinajstić information content (AvgIpc) is 2.56. The topological polar surface area (TPSA) is 54.5 Å². The Morgan fingerprint density at radius 3 is 3.09 bits per heavy atom. The molecule has 0 aliphatic carbocycles. The highest BCUT2D eigenvalue weighted by atomic mass is 32.2. The molecule has 0 bridgehead atoms. The number of thioether (sulfide) groups is 1. The predicted octanol–water partition coefficient (Wildman–Crippen LogP) is 2.36. The van der Waals surface area contributed by atoms with Crippen molar-refractivity contribution in [3.63, 3.8) is 0 Å². The fourth-order valence-corrected chi connectivity index (χ4v) is 3.02. The number of hydrogen-bond donors (Lipinski definition) is 1. The van der Waals surface area contributed by atoms with Gasteiger partial charge < -0.3 is 15.0 Å². The lowest BCUT2D eigenvalue weighted by Crippen LogP contribution is -2.41. The molecular weight excluding hydrogens is 298 g/mol. The van der Waals surface area contributed by atoms with Gasteiger partial charge in [0, 0.05) is 38.7 Å². The molecule has 2 heterocycles. The highest BCUT2D eigenvalue weighted by Crippen LogP contribution is 2.19. The molecule has 1 saturated heterocycles. The molecule has 2 rings (SSSR count). The third-order valence-corrected chi connectivity index (χ3v) is 4.44. The minimum Gasteiger partial charge on any atom is -0.384 e. The normalized spacial score (nSPS) is 18.3. The van der Waals surface area contributed by atoms with E-state index < -0.39 is 0 Å². The van der Waals surface area contributed by atoms with Crippen LogP contribution >= 0.6 is 11.8 Å². The van der Waals surface area contributed by atoms with Crippen molar-refractivity contribution in [3.8, 4) is 0 Å². The molecule has 0 radical (unpaired) electrons. The highest BCUT2D eigenvalue weighted by Gasteiger charge is 2.24. The molecule has 0 saturated carbocycles. The lowest BCUT2D eigenvalue weighted by atomic mass is 9.98. The van der Waals surface area contributed by atoms with Gasteiger partial charge in [0.05, 0.1) is 12.2 Å². The van der Waals surface area contributed by atoms with E-state index in [1.54, 1.807) is 25.1 Å². The molecule has 1 fully saturated rings. The van der Waals surface area contributed by atoms with Crippen LogP contribution < -0.4 is 5.32 Å². The molecule has 0 spiro atoms. The molecule has 1 aromatic rings. The minimum atomic E-state index is 0.0731. The summed E-state index contributed by atoms with van der Waals surface area (Å²) in [5.41, 5.74) is 0.661. The Bertz CT molecular complexity index is 465. The van der Waals surface area contributed by atoms with Crippen LogP contribution in [-0.2, 0) is 4.74 Å². The molecule has 1 N–H and O–H groups in total. The summed E-state index contributed by atoms with van der Waals surface area (Å²) in [6, 6.07) is 3.74. The van der Waals surface area contributed by atoms with Gasteiger partial charge in [-0.3, -0.25) is 4.79 Å². The number of carbonyl (C=O) groups is 1. The number of nitrogens with zero attached hydrogens (tertiary/aromatic N) is 2. The lowest BCUT2D eigenvalue weighted by molar-refractivity contribution is 0.0570. The summed E-state index contributed by atoms with van der Waals surface area (Å²) in [6.45, 7) is 3.21. The Labute approximate surface area is 136 Å². The number of hydrogen-bond acceptors (Lipinski definition) is 5. The van der Waals surface area contributed by atoms with Crippen molar-refractivity contribution < 1.29 is 9.53 Å². The summed E-state index contributed by atoms with van der Waals surface area (Å²) in [7, 11) is 1.72. The smallest absolute Gasteiger partial charge is 0.255 e. The number of methoxy groups -OCH3 is 1. The van der Waals surface area contributed by atoms with Crippen LogP contribution in [0.15, 0.2) is 18.3 Å². The molecule has 1 atom stereocenters. The van der Waals surface area contributed by atoms with Crippen molar-refractivity contribution in [1.82, 2.24) is 9.88 Å². The number of piperidine rings is 1. The van der Waals surface area contributed by atoms with Gasteiger partial charge in [0.2, 0.25) is 0 Å². The average molecular weight is 323 g/mol. The molecule has 1 aliphatic heterocycles. The number of likely N-dealkylation sites (tertiary alicyclic amines) is 1. The summed E-state index contributed by atoms with van der Waals surface area (Å²) in [5, 5.41) is 3.24. The monoisotopic (exact) mass is 323 g/mol. The van der Waals surface area contributed by atoms with E-state index in [0.717, 1.165) is 50.7 Å². The molecule has 1 amide bonds. The number of rotatable bonds is 7. The first kappa shape index (κ1) is 17.1. The summed E-state index contributed by atoms with van der Waals surface area (Å²) < 4.78 is 5.22. The van der Waals surface area contributed by atoms with Gasteiger partial charge in [0.1, 0.15) is 5.82 Å². The molecule has 1 aromatic heterocycles. The van der Waals surface area contributed by atoms with Crippen molar-refractivity contribution in [2.24, 2.45) is 5.92 Å². The fourth-order valence-electron chi connectivity index (χ4n) is 2.71. The Hall–Kier alpha value is -1.27. The van der Waals surface area contributed by atoms with Crippen molar-refractivity contribution in [2.45, 2.75) is 12.8 Å². The van der Waals surface area contributed by atoms with E-state index in [-0.39, 0.29) is 5.91 Å². The molecule has 6 heteroatoms. The number of amides is 1. The second kappa shape index (κ2) is 9.00. The van der Waals surface area contributed by atoms with E-state index in [2.05, 4.69) is 16.6 Å². The zero-order chi connectivity index (χ0) is 15.8. The van der Waals surface area contributed by atoms with Crippen molar-refractivity contribution in [2.75, 3.05) is 50.7 Å². The maximum Gasteiger partial charge on any atom is 0.255 e. The Morgan fingerprint density at radius 1 is 1.55 bits per heavy atom. The maximum absolute atomic E-state index is 12.5. The van der Waals surface area contributed by atoms with Gasteiger partial charge in [-0.05, 0) is 37.1 Å². The van der Waals surface area contributed by atoms with E-state index in [0.29, 0.717) is 11.5 Å². The molecular formula is C16H25N3O2S. The Balaban J connectivity index is 1.91. The molecule has 0 aromatic carbocycles. The summed E-state index contributed by atoms with van der Waals surface area (Å²) in [6.07, 6.45) is 5.92.